The van der Waals surface area contributed by atoms with E-state index in [4.69, 9.17) is 5.11 Å². The predicted molar refractivity (Wildman–Crippen MR) is 125 cm³/mol. The normalized spacial score (nSPS) is 11.2. The van der Waals surface area contributed by atoms with E-state index in [-0.39, 0.29) is 0 Å². The minimum absolute atomic E-state index is 0.309. The Balaban J connectivity index is 0. The molecule has 2 N–H and O–H groups in total. The Morgan fingerprint density at radius 2 is 1.31 bits per heavy atom. The molecule has 0 fully saturated rings. The molecule has 4 heteroatoms. The van der Waals surface area contributed by atoms with Crippen molar-refractivity contribution in [3.05, 3.63) is 36.5 Å². The molecule has 4 nitrogen and oxygen atoms in total. The molecule has 0 aromatic rings. The van der Waals surface area contributed by atoms with E-state index < -0.39 is 5.97 Å². The zero-order valence-corrected chi connectivity index (χ0v) is 18.9. The monoisotopic (exact) mass is 407 g/mol. The first-order valence-corrected chi connectivity index (χ1v) is 11.4. The Morgan fingerprint density at radius 1 is 0.759 bits per heavy atom. The molecule has 0 amide bonds. The molecule has 0 aliphatic rings. The molecule has 168 valence electrons. The summed E-state index contributed by atoms with van der Waals surface area (Å²) in [7, 11) is 1.90. The van der Waals surface area contributed by atoms with Crippen LogP contribution in [0.2, 0.25) is 0 Å². The van der Waals surface area contributed by atoms with Crippen LogP contribution in [0, 0.1) is 0 Å². The molecule has 0 radical (unpaired) electrons. The third-order valence-corrected chi connectivity index (χ3v) is 4.29. The van der Waals surface area contributed by atoms with Crippen LogP contribution in [0.1, 0.15) is 96.8 Å². The second kappa shape index (κ2) is 28.5. The molecule has 0 heterocycles. The molecule has 0 aliphatic carbocycles. The third kappa shape index (κ3) is 34.2. The number of carboxylic acid groups (broad SMARTS) is 1. The second-order valence-electron chi connectivity index (χ2n) is 7.11. The Kier molecular flexibility index (Phi) is 29.0. The fourth-order valence-electron chi connectivity index (χ4n) is 2.60. The van der Waals surface area contributed by atoms with Gasteiger partial charge in [0.15, 0.2) is 0 Å². The third-order valence-electron chi connectivity index (χ3n) is 4.29. The van der Waals surface area contributed by atoms with Crippen LogP contribution in [-0.2, 0) is 9.59 Å². The summed E-state index contributed by atoms with van der Waals surface area (Å²) in [6, 6.07) is 0. The maximum Gasteiger partial charge on any atom is 0.303 e. The van der Waals surface area contributed by atoms with E-state index >= 15 is 0 Å². The van der Waals surface area contributed by atoms with Crippen LogP contribution in [0.4, 0.5) is 0 Å². The van der Waals surface area contributed by atoms with Crippen LogP contribution in [0.25, 0.3) is 0 Å². The molecular formula is C25H45NO3. The Labute approximate surface area is 179 Å². The van der Waals surface area contributed by atoms with Crippen molar-refractivity contribution >= 4 is 12.3 Å². The highest BCUT2D eigenvalue weighted by Crippen LogP contribution is 2.07. The molecule has 0 saturated carbocycles. The van der Waals surface area contributed by atoms with Crippen LogP contribution >= 0.6 is 0 Å². The number of aliphatic carboxylic acids is 1. The van der Waals surface area contributed by atoms with Crippen LogP contribution < -0.4 is 5.32 Å². The first-order valence-electron chi connectivity index (χ1n) is 11.4. The first kappa shape index (κ1) is 29.5. The number of nitrogens with one attached hydrogen (secondary N) is 1. The summed E-state index contributed by atoms with van der Waals surface area (Å²) in [4.78, 5) is 20.1. The van der Waals surface area contributed by atoms with Gasteiger partial charge in [-0.25, -0.2) is 0 Å². The van der Waals surface area contributed by atoms with Crippen molar-refractivity contribution in [2.75, 3.05) is 13.6 Å². The molecule has 0 aromatic heterocycles. The highest BCUT2D eigenvalue weighted by molar-refractivity contribution is 5.66. The first-order chi connectivity index (χ1) is 14.2. The van der Waals surface area contributed by atoms with E-state index in [0.717, 1.165) is 64.2 Å². The maximum atomic E-state index is 10.1. The van der Waals surface area contributed by atoms with Crippen molar-refractivity contribution in [2.24, 2.45) is 0 Å². The van der Waals surface area contributed by atoms with E-state index in [0.29, 0.717) is 6.42 Å². The number of carbonyl (C=O) groups is 2. The van der Waals surface area contributed by atoms with E-state index in [1.807, 2.05) is 7.05 Å². The van der Waals surface area contributed by atoms with Gasteiger partial charge in [0.25, 0.3) is 0 Å². The minimum atomic E-state index is -0.690. The molecule has 0 aliphatic heterocycles. The fraction of sp³-hybridized carbons (Fsp3) is 0.680. The highest BCUT2D eigenvalue weighted by Gasteiger charge is 1.94. The summed E-state index contributed by atoms with van der Waals surface area (Å²) >= 11 is 0. The number of carboxylic acids is 1. The van der Waals surface area contributed by atoms with Crippen LogP contribution in [-0.4, -0.2) is 31.0 Å². The van der Waals surface area contributed by atoms with Gasteiger partial charge >= 0.3 is 5.97 Å². The number of unbranched alkanes of at least 4 members (excludes halogenated alkanes) is 8. The Morgan fingerprint density at radius 3 is 1.90 bits per heavy atom. The van der Waals surface area contributed by atoms with Gasteiger partial charge in [0.1, 0.15) is 6.29 Å². The van der Waals surface area contributed by atoms with Gasteiger partial charge in [0, 0.05) is 12.8 Å². The van der Waals surface area contributed by atoms with Gasteiger partial charge in [-0.3, -0.25) is 4.79 Å². The SMILES string of the molecule is CC/C=C\C/C=C\C/C=C\CCCCCCCC=O.CNCCCCCC(=O)O. The second-order valence-corrected chi connectivity index (χ2v) is 7.11. The predicted octanol–water partition coefficient (Wildman–Crippen LogP) is 6.63. The van der Waals surface area contributed by atoms with Crippen LogP contribution in [0.3, 0.4) is 0 Å². The lowest BCUT2D eigenvalue weighted by atomic mass is 10.1. The fourth-order valence-corrected chi connectivity index (χ4v) is 2.60. The van der Waals surface area contributed by atoms with Crippen molar-refractivity contribution in [3.63, 3.8) is 0 Å². The van der Waals surface area contributed by atoms with Crippen LogP contribution in [0.5, 0.6) is 0 Å². The van der Waals surface area contributed by atoms with Crippen molar-refractivity contribution < 1.29 is 14.7 Å². The van der Waals surface area contributed by atoms with Gasteiger partial charge < -0.3 is 15.2 Å². The lowest BCUT2D eigenvalue weighted by Crippen LogP contribution is -2.07. The number of hydrogen-bond acceptors (Lipinski definition) is 3. The number of rotatable bonds is 19. The summed E-state index contributed by atoms with van der Waals surface area (Å²) in [5, 5.41) is 11.3. The molecule has 0 unspecified atom stereocenters. The summed E-state index contributed by atoms with van der Waals surface area (Å²) in [5.74, 6) is -0.690. The number of aldehydes is 1. The molecule has 0 spiro atoms. The quantitative estimate of drug-likeness (QED) is 0.143. The zero-order chi connectivity index (χ0) is 21.8. The summed E-state index contributed by atoms with van der Waals surface area (Å²) in [6.07, 6.45) is 28.9. The summed E-state index contributed by atoms with van der Waals surface area (Å²) < 4.78 is 0. The molecule has 0 saturated heterocycles. The molecule has 0 atom stereocenters. The highest BCUT2D eigenvalue weighted by atomic mass is 16.4. The molecule has 0 aromatic carbocycles. The van der Waals surface area contributed by atoms with Gasteiger partial charge in [0.05, 0.1) is 0 Å². The van der Waals surface area contributed by atoms with E-state index in [9.17, 15) is 9.59 Å². The van der Waals surface area contributed by atoms with E-state index in [1.54, 1.807) is 0 Å². The van der Waals surface area contributed by atoms with Gasteiger partial charge in [-0.1, -0.05) is 69.1 Å². The minimum Gasteiger partial charge on any atom is -0.481 e. The average molecular weight is 408 g/mol. The summed E-state index contributed by atoms with van der Waals surface area (Å²) in [5.41, 5.74) is 0. The van der Waals surface area contributed by atoms with Gasteiger partial charge in [-0.15, -0.1) is 0 Å². The lowest BCUT2D eigenvalue weighted by Gasteiger charge is -1.97. The Hall–Kier alpha value is -1.68. The van der Waals surface area contributed by atoms with E-state index in [1.165, 1.54) is 32.1 Å². The maximum absolute atomic E-state index is 10.1. The Bertz CT molecular complexity index is 428. The summed E-state index contributed by atoms with van der Waals surface area (Å²) in [6.45, 7) is 3.14. The number of hydrogen-bond donors (Lipinski definition) is 2. The van der Waals surface area contributed by atoms with Crippen molar-refractivity contribution in [1.82, 2.24) is 5.32 Å². The van der Waals surface area contributed by atoms with Gasteiger partial charge in [-0.05, 0) is 65.0 Å². The number of carbonyl (C=O) groups excluding carboxylic acids is 1. The topological polar surface area (TPSA) is 66.4 Å². The zero-order valence-electron chi connectivity index (χ0n) is 18.9. The average Bonchev–Trinajstić information content (AvgIpc) is 2.71. The molecule has 0 rings (SSSR count). The standard InChI is InChI=1S/C18H30O.C7H15NO2/c1-2-3-4-5-6-7-8-9-10-11-12-13-14-15-16-17-18-19;1-8-6-4-2-3-5-7(9)10/h3-4,6-7,9-10,18H,2,5,8,11-17H2,1H3;8H,2-6H2,1H3,(H,9,10)/b4-3-,7-6-,10-9-;. The molecule has 0 bridgehead atoms. The number of allylic oxidation sites excluding steroid dienone is 6. The van der Waals surface area contributed by atoms with Crippen molar-refractivity contribution in [2.45, 2.75) is 96.8 Å². The van der Waals surface area contributed by atoms with Crippen molar-refractivity contribution in [3.8, 4) is 0 Å². The molecular weight excluding hydrogens is 362 g/mol. The smallest absolute Gasteiger partial charge is 0.303 e. The van der Waals surface area contributed by atoms with E-state index in [2.05, 4.69) is 48.7 Å². The van der Waals surface area contributed by atoms with Gasteiger partial charge in [0.2, 0.25) is 0 Å². The van der Waals surface area contributed by atoms with Gasteiger partial charge in [-0.2, -0.15) is 0 Å². The van der Waals surface area contributed by atoms with Crippen molar-refractivity contribution in [1.29, 1.82) is 0 Å². The molecule has 29 heavy (non-hydrogen) atoms. The lowest BCUT2D eigenvalue weighted by molar-refractivity contribution is -0.137. The largest absolute Gasteiger partial charge is 0.481 e. The van der Waals surface area contributed by atoms with Crippen LogP contribution in [0.15, 0.2) is 36.5 Å².